The highest BCUT2D eigenvalue weighted by Gasteiger charge is 2.55. The molecule has 2 aromatic rings. The predicted molar refractivity (Wildman–Crippen MR) is 82.8 cm³/mol. The normalized spacial score (nSPS) is 21.7. The molecule has 1 saturated heterocycles. The first-order valence-corrected chi connectivity index (χ1v) is 7.93. The van der Waals surface area contributed by atoms with Gasteiger partial charge in [-0.3, -0.25) is 4.79 Å². The summed E-state index contributed by atoms with van der Waals surface area (Å²) in [6.45, 7) is 0.726. The smallest absolute Gasteiger partial charge is 0.233 e. The summed E-state index contributed by atoms with van der Waals surface area (Å²) < 4.78 is 26.2. The number of carbonyl (C=O) groups is 1. The van der Waals surface area contributed by atoms with Crippen molar-refractivity contribution in [2.24, 2.45) is 0 Å². The van der Waals surface area contributed by atoms with Gasteiger partial charge in [-0.25, -0.2) is 8.78 Å². The number of rotatable bonds is 3. The van der Waals surface area contributed by atoms with E-state index in [1.807, 2.05) is 4.90 Å². The number of hydrogen-bond donors (Lipinski definition) is 0. The minimum Gasteiger partial charge on any atom is -0.335 e. The van der Waals surface area contributed by atoms with Crippen molar-refractivity contribution in [1.29, 1.82) is 0 Å². The Morgan fingerprint density at radius 3 is 2.00 bits per heavy atom. The molecular formula is C19H17F2NO. The molecule has 0 unspecified atom stereocenters. The van der Waals surface area contributed by atoms with Crippen molar-refractivity contribution in [2.75, 3.05) is 6.54 Å². The number of halogens is 2. The Morgan fingerprint density at radius 2 is 1.52 bits per heavy atom. The van der Waals surface area contributed by atoms with E-state index < -0.39 is 5.41 Å². The highest BCUT2D eigenvalue weighted by Crippen LogP contribution is 2.52. The fourth-order valence-electron chi connectivity index (χ4n) is 3.46. The van der Waals surface area contributed by atoms with Crippen LogP contribution in [0.25, 0.3) is 0 Å². The van der Waals surface area contributed by atoms with Gasteiger partial charge in [0.15, 0.2) is 0 Å². The number of likely N-dealkylation sites (tertiary alicyclic amines) is 1. The van der Waals surface area contributed by atoms with Crippen molar-refractivity contribution >= 4 is 5.91 Å². The van der Waals surface area contributed by atoms with Crippen LogP contribution in [0.5, 0.6) is 0 Å². The quantitative estimate of drug-likeness (QED) is 0.839. The van der Waals surface area contributed by atoms with Gasteiger partial charge in [0.25, 0.3) is 0 Å². The summed E-state index contributed by atoms with van der Waals surface area (Å²) in [5, 5.41) is 0. The van der Waals surface area contributed by atoms with E-state index in [2.05, 4.69) is 0 Å². The molecule has 1 aliphatic carbocycles. The van der Waals surface area contributed by atoms with Crippen molar-refractivity contribution in [2.45, 2.75) is 30.7 Å². The van der Waals surface area contributed by atoms with E-state index in [0.29, 0.717) is 0 Å². The topological polar surface area (TPSA) is 20.3 Å². The second kappa shape index (κ2) is 5.15. The van der Waals surface area contributed by atoms with Gasteiger partial charge in [0, 0.05) is 6.54 Å². The summed E-state index contributed by atoms with van der Waals surface area (Å²) in [5.74, 6) is -0.439. The maximum absolute atomic E-state index is 13.1. The zero-order chi connectivity index (χ0) is 16.0. The van der Waals surface area contributed by atoms with Crippen LogP contribution in [0.2, 0.25) is 0 Å². The van der Waals surface area contributed by atoms with Gasteiger partial charge in [-0.2, -0.15) is 0 Å². The van der Waals surface area contributed by atoms with Crippen LogP contribution in [-0.4, -0.2) is 17.4 Å². The van der Waals surface area contributed by atoms with E-state index >= 15 is 0 Å². The average Bonchev–Trinajstić information content (AvgIpc) is 3.31. The SMILES string of the molecule is O=C(N1CC[C@H]1c1ccc(F)cc1)C1(c2ccc(F)cc2)CC1. The largest absolute Gasteiger partial charge is 0.335 e. The fourth-order valence-corrected chi connectivity index (χ4v) is 3.46. The molecule has 2 fully saturated rings. The average molecular weight is 313 g/mol. The minimum atomic E-state index is -0.480. The monoisotopic (exact) mass is 313 g/mol. The van der Waals surface area contributed by atoms with Crippen LogP contribution in [-0.2, 0) is 10.2 Å². The van der Waals surface area contributed by atoms with Crippen molar-refractivity contribution in [3.05, 3.63) is 71.3 Å². The molecule has 2 nitrogen and oxygen atoms in total. The zero-order valence-electron chi connectivity index (χ0n) is 12.6. The first-order chi connectivity index (χ1) is 11.1. The van der Waals surface area contributed by atoms with Crippen LogP contribution in [0.15, 0.2) is 48.5 Å². The van der Waals surface area contributed by atoms with Crippen LogP contribution in [0.3, 0.4) is 0 Å². The lowest BCUT2D eigenvalue weighted by atomic mass is 9.88. The maximum Gasteiger partial charge on any atom is 0.233 e. The molecule has 2 aromatic carbocycles. The third kappa shape index (κ3) is 2.33. The number of hydrogen-bond acceptors (Lipinski definition) is 1. The standard InChI is InChI=1S/C19H17F2NO/c20-15-5-1-13(2-6-15)17-9-12-22(17)18(23)19(10-11-19)14-3-7-16(21)8-4-14/h1-8,17H,9-12H2/t17-/m0/s1. The molecule has 1 amide bonds. The predicted octanol–water partition coefficient (Wildman–Crippen LogP) is 3.97. The Morgan fingerprint density at radius 1 is 0.957 bits per heavy atom. The van der Waals surface area contributed by atoms with E-state index in [1.54, 1.807) is 24.3 Å². The van der Waals surface area contributed by atoms with Gasteiger partial charge in [0.1, 0.15) is 11.6 Å². The molecule has 1 atom stereocenters. The van der Waals surface area contributed by atoms with Gasteiger partial charge in [-0.05, 0) is 54.7 Å². The minimum absolute atomic E-state index is 0.0287. The molecule has 1 heterocycles. The highest BCUT2D eigenvalue weighted by atomic mass is 19.1. The second-order valence-corrected chi connectivity index (χ2v) is 6.44. The molecule has 23 heavy (non-hydrogen) atoms. The summed E-state index contributed by atoms with van der Waals surface area (Å²) >= 11 is 0. The van der Waals surface area contributed by atoms with Gasteiger partial charge < -0.3 is 4.90 Å². The second-order valence-electron chi connectivity index (χ2n) is 6.44. The molecular weight excluding hydrogens is 296 g/mol. The summed E-state index contributed by atoms with van der Waals surface area (Å²) in [4.78, 5) is 14.9. The number of benzene rings is 2. The van der Waals surface area contributed by atoms with Crippen LogP contribution in [0.4, 0.5) is 8.78 Å². The van der Waals surface area contributed by atoms with Gasteiger partial charge in [0.2, 0.25) is 5.91 Å². The third-order valence-electron chi connectivity index (χ3n) is 5.09. The molecule has 0 radical (unpaired) electrons. The molecule has 0 bridgehead atoms. The van der Waals surface area contributed by atoms with Crippen molar-refractivity contribution < 1.29 is 13.6 Å². The Balaban J connectivity index is 1.57. The van der Waals surface area contributed by atoms with Crippen LogP contribution in [0.1, 0.15) is 36.4 Å². The molecule has 0 N–H and O–H groups in total. The summed E-state index contributed by atoms with van der Waals surface area (Å²) in [6.07, 6.45) is 2.52. The van der Waals surface area contributed by atoms with Crippen LogP contribution < -0.4 is 0 Å². The first-order valence-electron chi connectivity index (χ1n) is 7.93. The summed E-state index contributed by atoms with van der Waals surface area (Å²) in [5.41, 5.74) is 1.39. The van der Waals surface area contributed by atoms with E-state index in [-0.39, 0.29) is 23.6 Å². The van der Waals surface area contributed by atoms with Gasteiger partial charge in [0.05, 0.1) is 11.5 Å². The molecule has 0 spiro atoms. The Bertz CT molecular complexity index is 735. The maximum atomic E-state index is 13.1. The Hall–Kier alpha value is -2.23. The fraction of sp³-hybridized carbons (Fsp3) is 0.316. The molecule has 0 aromatic heterocycles. The number of carbonyl (C=O) groups excluding carboxylic acids is 1. The van der Waals surface area contributed by atoms with Gasteiger partial charge in [-0.15, -0.1) is 0 Å². The summed E-state index contributed by atoms with van der Waals surface area (Å²) in [7, 11) is 0. The van der Waals surface area contributed by atoms with E-state index in [4.69, 9.17) is 0 Å². The molecule has 4 heteroatoms. The number of nitrogens with zero attached hydrogens (tertiary/aromatic N) is 1. The summed E-state index contributed by atoms with van der Waals surface area (Å²) in [6, 6.07) is 12.6. The molecule has 1 saturated carbocycles. The first kappa shape index (κ1) is 14.4. The molecule has 1 aliphatic heterocycles. The van der Waals surface area contributed by atoms with E-state index in [0.717, 1.165) is 36.9 Å². The van der Waals surface area contributed by atoms with Gasteiger partial charge in [-0.1, -0.05) is 24.3 Å². The van der Waals surface area contributed by atoms with Crippen LogP contribution >= 0.6 is 0 Å². The lowest BCUT2D eigenvalue weighted by molar-refractivity contribution is -0.142. The van der Waals surface area contributed by atoms with Gasteiger partial charge >= 0.3 is 0 Å². The molecule has 2 aliphatic rings. The van der Waals surface area contributed by atoms with E-state index in [1.165, 1.54) is 24.3 Å². The van der Waals surface area contributed by atoms with Crippen molar-refractivity contribution in [3.63, 3.8) is 0 Å². The highest BCUT2D eigenvalue weighted by molar-refractivity contribution is 5.92. The Labute approximate surface area is 133 Å². The lowest BCUT2D eigenvalue weighted by Crippen LogP contribution is -2.49. The third-order valence-corrected chi connectivity index (χ3v) is 5.09. The lowest BCUT2D eigenvalue weighted by Gasteiger charge is -2.43. The molecule has 4 rings (SSSR count). The number of amides is 1. The molecule has 118 valence electrons. The Kier molecular flexibility index (Phi) is 3.22. The zero-order valence-corrected chi connectivity index (χ0v) is 12.6. The van der Waals surface area contributed by atoms with Crippen LogP contribution in [0, 0.1) is 11.6 Å². The van der Waals surface area contributed by atoms with Crippen molar-refractivity contribution in [1.82, 2.24) is 4.90 Å². The van der Waals surface area contributed by atoms with E-state index in [9.17, 15) is 13.6 Å². The van der Waals surface area contributed by atoms with Crippen molar-refractivity contribution in [3.8, 4) is 0 Å².